The molecule has 100 valence electrons. The van der Waals surface area contributed by atoms with Crippen LogP contribution < -0.4 is 16.0 Å². The van der Waals surface area contributed by atoms with Crippen molar-refractivity contribution in [2.24, 2.45) is 5.84 Å². The van der Waals surface area contributed by atoms with Gasteiger partial charge in [0.1, 0.15) is 5.75 Å². The molecule has 0 spiro atoms. The van der Waals surface area contributed by atoms with Gasteiger partial charge in [0.25, 0.3) is 5.91 Å². The Labute approximate surface area is 111 Å². The minimum absolute atomic E-state index is 0.164. The van der Waals surface area contributed by atoms with E-state index in [-0.39, 0.29) is 17.8 Å². The lowest BCUT2D eigenvalue weighted by molar-refractivity contribution is 0.0953. The van der Waals surface area contributed by atoms with Crippen LogP contribution in [0.4, 0.5) is 0 Å². The number of aliphatic hydroxyl groups excluding tert-OH is 1. The van der Waals surface area contributed by atoms with Crippen molar-refractivity contribution in [3.63, 3.8) is 0 Å². The smallest absolute Gasteiger partial charge is 0.265 e. The van der Waals surface area contributed by atoms with Gasteiger partial charge in [-0.2, -0.15) is 11.8 Å². The second kappa shape index (κ2) is 7.97. The van der Waals surface area contributed by atoms with Crippen LogP contribution in [0.1, 0.15) is 17.3 Å². The number of rotatable bonds is 7. The molecule has 1 unspecified atom stereocenters. The number of aliphatic hydroxyl groups is 1. The maximum Gasteiger partial charge on any atom is 0.265 e. The summed E-state index contributed by atoms with van der Waals surface area (Å²) in [5.41, 5.74) is 2.54. The van der Waals surface area contributed by atoms with Crippen LogP contribution in [0.2, 0.25) is 0 Å². The molecule has 1 rings (SSSR count). The summed E-state index contributed by atoms with van der Waals surface area (Å²) in [4.78, 5) is 11.3. The van der Waals surface area contributed by atoms with E-state index >= 15 is 0 Å². The minimum Gasteiger partial charge on any atom is -0.493 e. The Morgan fingerprint density at radius 2 is 2.39 bits per heavy atom. The number of carbonyl (C=O) groups excluding carboxylic acids is 1. The molecular weight excluding hydrogens is 252 g/mol. The molecule has 0 aliphatic heterocycles. The average molecular weight is 270 g/mol. The second-order valence-electron chi connectivity index (χ2n) is 3.71. The van der Waals surface area contributed by atoms with Gasteiger partial charge in [-0.25, -0.2) is 5.84 Å². The van der Waals surface area contributed by atoms with Crippen LogP contribution in [0.3, 0.4) is 0 Å². The van der Waals surface area contributed by atoms with Crippen LogP contribution in [0.25, 0.3) is 0 Å². The Bertz CT molecular complexity index is 387. The van der Waals surface area contributed by atoms with Gasteiger partial charge >= 0.3 is 0 Å². The van der Waals surface area contributed by atoms with Crippen molar-refractivity contribution in [3.8, 4) is 5.75 Å². The molecule has 1 amide bonds. The van der Waals surface area contributed by atoms with E-state index in [2.05, 4.69) is 5.43 Å². The van der Waals surface area contributed by atoms with Crippen molar-refractivity contribution in [1.82, 2.24) is 5.43 Å². The van der Waals surface area contributed by atoms with E-state index in [0.717, 1.165) is 5.75 Å². The van der Waals surface area contributed by atoms with Gasteiger partial charge in [0.15, 0.2) is 0 Å². The molecule has 0 aromatic heterocycles. The summed E-state index contributed by atoms with van der Waals surface area (Å²) in [5.74, 6) is 6.13. The number of benzene rings is 1. The molecule has 0 aliphatic carbocycles. The summed E-state index contributed by atoms with van der Waals surface area (Å²) < 4.78 is 5.51. The van der Waals surface area contributed by atoms with E-state index < -0.39 is 0 Å². The molecule has 1 atom stereocenters. The van der Waals surface area contributed by atoms with E-state index in [1.807, 2.05) is 6.92 Å². The number of nitrogens with two attached hydrogens (primary N) is 1. The summed E-state index contributed by atoms with van der Waals surface area (Å²) in [6, 6.07) is 6.83. The molecule has 0 radical (unpaired) electrons. The zero-order valence-corrected chi connectivity index (χ0v) is 11.1. The highest BCUT2D eigenvalue weighted by Crippen LogP contribution is 2.15. The predicted molar refractivity (Wildman–Crippen MR) is 72.6 cm³/mol. The second-order valence-corrected chi connectivity index (χ2v) is 5.26. The molecular formula is C12H18N2O3S. The molecule has 6 heteroatoms. The number of nitrogen functional groups attached to an aromatic ring is 1. The predicted octanol–water partition coefficient (Wildman–Crippen LogP) is 0.783. The van der Waals surface area contributed by atoms with Gasteiger partial charge in [0.05, 0.1) is 13.2 Å². The van der Waals surface area contributed by atoms with Crippen molar-refractivity contribution < 1.29 is 14.6 Å². The third-order valence-electron chi connectivity index (χ3n) is 2.24. The van der Waals surface area contributed by atoms with Crippen molar-refractivity contribution >= 4 is 17.7 Å². The molecule has 0 heterocycles. The first-order valence-corrected chi connectivity index (χ1v) is 6.68. The van der Waals surface area contributed by atoms with Crippen LogP contribution >= 0.6 is 11.8 Å². The van der Waals surface area contributed by atoms with Gasteiger partial charge in [-0.3, -0.25) is 10.2 Å². The number of carbonyl (C=O) groups is 1. The molecule has 1 aromatic carbocycles. The minimum atomic E-state index is -0.344. The van der Waals surface area contributed by atoms with Crippen LogP contribution in [0, 0.1) is 0 Å². The molecule has 0 fully saturated rings. The number of nitrogens with one attached hydrogen (secondary N) is 1. The SMILES string of the molecule is CC(CO)SCCOc1cccc(C(=O)NN)c1. The summed E-state index contributed by atoms with van der Waals surface area (Å²) in [5, 5.41) is 9.07. The number of hydrazine groups is 1. The van der Waals surface area contributed by atoms with E-state index in [0.29, 0.717) is 17.9 Å². The highest BCUT2D eigenvalue weighted by Gasteiger charge is 2.05. The van der Waals surface area contributed by atoms with Gasteiger partial charge in [-0.1, -0.05) is 13.0 Å². The number of amides is 1. The summed E-state index contributed by atoms with van der Waals surface area (Å²) in [6.45, 7) is 2.65. The third kappa shape index (κ3) is 4.95. The lowest BCUT2D eigenvalue weighted by atomic mass is 10.2. The number of hydrogen-bond acceptors (Lipinski definition) is 5. The molecule has 5 nitrogen and oxygen atoms in total. The Hall–Kier alpha value is -1.24. The van der Waals surface area contributed by atoms with Gasteiger partial charge < -0.3 is 9.84 Å². The number of thioether (sulfide) groups is 1. The van der Waals surface area contributed by atoms with Crippen molar-refractivity contribution in [1.29, 1.82) is 0 Å². The van der Waals surface area contributed by atoms with E-state index in [4.69, 9.17) is 15.7 Å². The normalized spacial score (nSPS) is 11.9. The maximum atomic E-state index is 11.3. The fourth-order valence-electron chi connectivity index (χ4n) is 1.27. The fourth-order valence-corrected chi connectivity index (χ4v) is 1.96. The van der Waals surface area contributed by atoms with Gasteiger partial charge in [-0.05, 0) is 18.2 Å². The first-order valence-electron chi connectivity index (χ1n) is 5.63. The largest absolute Gasteiger partial charge is 0.493 e. The van der Waals surface area contributed by atoms with E-state index in [1.54, 1.807) is 36.0 Å². The van der Waals surface area contributed by atoms with E-state index in [1.165, 1.54) is 0 Å². The first-order chi connectivity index (χ1) is 8.67. The zero-order chi connectivity index (χ0) is 13.4. The Kier molecular flexibility index (Phi) is 6.56. The molecule has 4 N–H and O–H groups in total. The lowest BCUT2D eigenvalue weighted by Crippen LogP contribution is -2.29. The van der Waals surface area contributed by atoms with Crippen molar-refractivity contribution in [3.05, 3.63) is 29.8 Å². The average Bonchev–Trinajstić information content (AvgIpc) is 2.42. The van der Waals surface area contributed by atoms with Crippen LogP contribution in [-0.4, -0.2) is 35.2 Å². The Morgan fingerprint density at radius 1 is 1.61 bits per heavy atom. The quantitative estimate of drug-likeness (QED) is 0.295. The highest BCUT2D eigenvalue weighted by molar-refractivity contribution is 7.99. The molecule has 1 aromatic rings. The highest BCUT2D eigenvalue weighted by atomic mass is 32.2. The molecule has 0 saturated carbocycles. The van der Waals surface area contributed by atoms with Gasteiger partial charge in [0, 0.05) is 16.6 Å². The number of hydrogen-bond donors (Lipinski definition) is 3. The summed E-state index contributed by atoms with van der Waals surface area (Å²) >= 11 is 1.64. The summed E-state index contributed by atoms with van der Waals surface area (Å²) in [7, 11) is 0. The molecule has 18 heavy (non-hydrogen) atoms. The fraction of sp³-hybridized carbons (Fsp3) is 0.417. The molecule has 0 saturated heterocycles. The van der Waals surface area contributed by atoms with Gasteiger partial charge in [-0.15, -0.1) is 0 Å². The standard InChI is InChI=1S/C12H18N2O3S/c1-9(8-15)18-6-5-17-11-4-2-3-10(7-11)12(16)14-13/h2-4,7,9,15H,5-6,8,13H2,1H3,(H,14,16). The van der Waals surface area contributed by atoms with Crippen LogP contribution in [0.15, 0.2) is 24.3 Å². The summed E-state index contributed by atoms with van der Waals surface area (Å²) in [6.07, 6.45) is 0. The molecule has 0 bridgehead atoms. The Balaban J connectivity index is 2.40. The topological polar surface area (TPSA) is 84.6 Å². The Morgan fingerprint density at radius 3 is 3.06 bits per heavy atom. The van der Waals surface area contributed by atoms with Crippen LogP contribution in [0.5, 0.6) is 5.75 Å². The number of ether oxygens (including phenoxy) is 1. The maximum absolute atomic E-state index is 11.3. The lowest BCUT2D eigenvalue weighted by Gasteiger charge is -2.09. The van der Waals surface area contributed by atoms with Crippen LogP contribution in [-0.2, 0) is 0 Å². The monoisotopic (exact) mass is 270 g/mol. The zero-order valence-electron chi connectivity index (χ0n) is 10.3. The molecule has 0 aliphatic rings. The first kappa shape index (κ1) is 14.8. The van der Waals surface area contributed by atoms with Crippen molar-refractivity contribution in [2.45, 2.75) is 12.2 Å². The van der Waals surface area contributed by atoms with Crippen molar-refractivity contribution in [2.75, 3.05) is 19.0 Å². The third-order valence-corrected chi connectivity index (χ3v) is 3.36. The van der Waals surface area contributed by atoms with Gasteiger partial charge in [0.2, 0.25) is 0 Å². The van der Waals surface area contributed by atoms with E-state index in [9.17, 15) is 4.79 Å².